The molecule has 0 aliphatic heterocycles. The van der Waals surface area contributed by atoms with Crippen LogP contribution in [-0.4, -0.2) is 6.18 Å². The summed E-state index contributed by atoms with van der Waals surface area (Å²) >= 11 is 0. The van der Waals surface area contributed by atoms with Gasteiger partial charge in [0.05, 0.1) is 0 Å². The molecule has 0 aliphatic rings. The lowest BCUT2D eigenvalue weighted by Gasteiger charge is -2.21. The molecule has 1 atom stereocenters. The first-order valence-electron chi connectivity index (χ1n) is 10.6. The molecule has 0 heterocycles. The maximum atomic E-state index is 12.6. The molecule has 3 aromatic carbocycles. The average molecular weight is 427 g/mol. The minimum atomic E-state index is -4.15. The van der Waals surface area contributed by atoms with Crippen LogP contribution in [0, 0.1) is 0 Å². The molecule has 31 heavy (non-hydrogen) atoms. The van der Waals surface area contributed by atoms with E-state index >= 15 is 0 Å². The van der Waals surface area contributed by atoms with Crippen molar-refractivity contribution in [1.82, 2.24) is 0 Å². The van der Waals surface area contributed by atoms with Gasteiger partial charge in [0.1, 0.15) is 11.9 Å². The largest absolute Gasteiger partial charge is 0.486 e. The Labute approximate surface area is 182 Å². The molecule has 0 bridgehead atoms. The van der Waals surface area contributed by atoms with Gasteiger partial charge in [0, 0.05) is 6.42 Å². The van der Waals surface area contributed by atoms with Crippen LogP contribution in [0.1, 0.15) is 57.3 Å². The Morgan fingerprint density at radius 1 is 0.742 bits per heavy atom. The van der Waals surface area contributed by atoms with Crippen LogP contribution >= 0.6 is 0 Å². The van der Waals surface area contributed by atoms with Gasteiger partial charge in [0.25, 0.3) is 0 Å². The Morgan fingerprint density at radius 2 is 1.29 bits per heavy atom. The van der Waals surface area contributed by atoms with Crippen molar-refractivity contribution in [2.45, 2.75) is 57.7 Å². The molecule has 4 heteroatoms. The van der Waals surface area contributed by atoms with Crippen LogP contribution in [0.4, 0.5) is 13.2 Å². The maximum absolute atomic E-state index is 12.6. The Kier molecular flexibility index (Phi) is 7.09. The molecule has 0 N–H and O–H groups in total. The third-order valence-corrected chi connectivity index (χ3v) is 5.31. The molecule has 0 radical (unpaired) electrons. The average Bonchev–Trinajstić information content (AvgIpc) is 2.73. The Morgan fingerprint density at radius 3 is 1.81 bits per heavy atom. The Balaban J connectivity index is 1.72. The lowest BCUT2D eigenvalue weighted by Crippen LogP contribution is -2.11. The molecule has 0 amide bonds. The summed E-state index contributed by atoms with van der Waals surface area (Å²) in [5.41, 5.74) is 4.45. The van der Waals surface area contributed by atoms with E-state index in [2.05, 4.69) is 45.0 Å². The summed E-state index contributed by atoms with van der Waals surface area (Å²) in [6.45, 7) is 6.56. The highest BCUT2D eigenvalue weighted by Gasteiger charge is 2.27. The smallest absolute Gasteiger partial charge is 0.389 e. The second-order valence-electron chi connectivity index (χ2n) is 8.88. The number of halogens is 3. The maximum Gasteiger partial charge on any atom is 0.389 e. The van der Waals surface area contributed by atoms with Crippen molar-refractivity contribution in [1.29, 1.82) is 0 Å². The first kappa shape index (κ1) is 22.9. The number of ether oxygens (including phenoxy) is 1. The highest BCUT2D eigenvalue weighted by atomic mass is 19.4. The normalized spacial score (nSPS) is 13.1. The second kappa shape index (κ2) is 9.59. The first-order valence-corrected chi connectivity index (χ1v) is 10.6. The monoisotopic (exact) mass is 426 g/mol. The molecule has 0 fully saturated rings. The van der Waals surface area contributed by atoms with Crippen molar-refractivity contribution >= 4 is 0 Å². The van der Waals surface area contributed by atoms with Crippen molar-refractivity contribution in [3.05, 3.63) is 90.0 Å². The highest BCUT2D eigenvalue weighted by molar-refractivity contribution is 5.64. The summed E-state index contributed by atoms with van der Waals surface area (Å²) < 4.78 is 43.9. The van der Waals surface area contributed by atoms with Gasteiger partial charge in [-0.15, -0.1) is 0 Å². The van der Waals surface area contributed by atoms with Crippen molar-refractivity contribution in [3.8, 4) is 16.9 Å². The van der Waals surface area contributed by atoms with E-state index in [0.717, 1.165) is 16.7 Å². The van der Waals surface area contributed by atoms with E-state index in [1.807, 2.05) is 54.6 Å². The molecule has 0 aromatic heterocycles. The molecule has 164 valence electrons. The lowest BCUT2D eigenvalue weighted by atomic mass is 9.86. The quantitative estimate of drug-likeness (QED) is 0.368. The van der Waals surface area contributed by atoms with Gasteiger partial charge in [-0.25, -0.2) is 0 Å². The summed E-state index contributed by atoms with van der Waals surface area (Å²) in [4.78, 5) is 0. The van der Waals surface area contributed by atoms with Crippen molar-refractivity contribution in [3.63, 3.8) is 0 Å². The Bertz CT molecular complexity index is 937. The lowest BCUT2D eigenvalue weighted by molar-refractivity contribution is -0.136. The summed E-state index contributed by atoms with van der Waals surface area (Å²) in [7, 11) is 0. The predicted octanol–water partition coefficient (Wildman–Crippen LogP) is 8.50. The topological polar surface area (TPSA) is 9.23 Å². The minimum absolute atomic E-state index is 0.0290. The molecule has 3 rings (SSSR count). The van der Waals surface area contributed by atoms with Crippen LogP contribution in [0.3, 0.4) is 0 Å². The zero-order chi connectivity index (χ0) is 22.5. The molecular formula is C27H29F3O. The first-order chi connectivity index (χ1) is 14.6. The second-order valence-corrected chi connectivity index (χ2v) is 8.88. The third-order valence-electron chi connectivity index (χ3n) is 5.31. The van der Waals surface area contributed by atoms with E-state index in [0.29, 0.717) is 12.2 Å². The van der Waals surface area contributed by atoms with E-state index in [1.54, 1.807) is 0 Å². The van der Waals surface area contributed by atoms with Crippen LogP contribution in [0.5, 0.6) is 5.75 Å². The van der Waals surface area contributed by atoms with Gasteiger partial charge < -0.3 is 4.74 Å². The van der Waals surface area contributed by atoms with Crippen molar-refractivity contribution < 1.29 is 17.9 Å². The summed E-state index contributed by atoms with van der Waals surface area (Å²) in [5.74, 6) is 0.649. The van der Waals surface area contributed by atoms with Crippen molar-refractivity contribution in [2.24, 2.45) is 0 Å². The van der Waals surface area contributed by atoms with Gasteiger partial charge >= 0.3 is 6.18 Å². The standard InChI is InChI=1S/C27H29F3O/c1-26(2,3)23-15-11-20(12-16-23)21-13-17-24(18-14-21)31-25(10-7-19-27(28,29)30)22-8-5-4-6-9-22/h4-6,8-9,11-18,25H,7,10,19H2,1-3H3. The van der Waals surface area contributed by atoms with Crippen LogP contribution in [-0.2, 0) is 5.41 Å². The summed E-state index contributed by atoms with van der Waals surface area (Å²) in [5, 5.41) is 0. The Hall–Kier alpha value is -2.75. The molecule has 1 nitrogen and oxygen atoms in total. The van der Waals surface area contributed by atoms with E-state index in [4.69, 9.17) is 4.74 Å². The molecule has 0 spiro atoms. The van der Waals surface area contributed by atoms with Gasteiger partial charge in [-0.2, -0.15) is 13.2 Å². The molecule has 0 saturated carbocycles. The molecule has 0 saturated heterocycles. The predicted molar refractivity (Wildman–Crippen MR) is 120 cm³/mol. The highest BCUT2D eigenvalue weighted by Crippen LogP contribution is 2.32. The van der Waals surface area contributed by atoms with Gasteiger partial charge in [-0.1, -0.05) is 87.5 Å². The van der Waals surface area contributed by atoms with Crippen LogP contribution < -0.4 is 4.74 Å². The number of rotatable bonds is 7. The fourth-order valence-electron chi connectivity index (χ4n) is 3.50. The van der Waals surface area contributed by atoms with Gasteiger partial charge in [-0.05, 0) is 52.6 Å². The van der Waals surface area contributed by atoms with Crippen LogP contribution in [0.2, 0.25) is 0 Å². The van der Waals surface area contributed by atoms with Crippen molar-refractivity contribution in [2.75, 3.05) is 0 Å². The van der Waals surface area contributed by atoms with Gasteiger partial charge in [0.15, 0.2) is 0 Å². The number of alkyl halides is 3. The number of hydrogen-bond acceptors (Lipinski definition) is 1. The molecule has 1 unspecified atom stereocenters. The van der Waals surface area contributed by atoms with E-state index < -0.39 is 18.7 Å². The zero-order valence-corrected chi connectivity index (χ0v) is 18.2. The summed E-state index contributed by atoms with van der Waals surface area (Å²) in [6, 6.07) is 25.7. The number of benzene rings is 3. The van der Waals surface area contributed by atoms with E-state index in [-0.39, 0.29) is 11.8 Å². The fraction of sp³-hybridized carbons (Fsp3) is 0.333. The zero-order valence-electron chi connectivity index (χ0n) is 18.2. The van der Waals surface area contributed by atoms with E-state index in [9.17, 15) is 13.2 Å². The van der Waals surface area contributed by atoms with Gasteiger partial charge in [-0.3, -0.25) is 0 Å². The molecule has 3 aromatic rings. The number of hydrogen-bond donors (Lipinski definition) is 0. The SMILES string of the molecule is CC(C)(C)c1ccc(-c2ccc(OC(CCCC(F)(F)F)c3ccccc3)cc2)cc1. The fourth-order valence-corrected chi connectivity index (χ4v) is 3.50. The van der Waals surface area contributed by atoms with Gasteiger partial charge in [0.2, 0.25) is 0 Å². The third kappa shape index (κ3) is 6.88. The van der Waals surface area contributed by atoms with Crippen LogP contribution in [0.25, 0.3) is 11.1 Å². The summed E-state index contributed by atoms with van der Waals surface area (Å²) in [6.07, 6.45) is -5.03. The van der Waals surface area contributed by atoms with Crippen LogP contribution in [0.15, 0.2) is 78.9 Å². The minimum Gasteiger partial charge on any atom is -0.486 e. The molecule has 0 aliphatic carbocycles. The van der Waals surface area contributed by atoms with E-state index in [1.165, 1.54) is 5.56 Å². The molecular weight excluding hydrogens is 397 g/mol.